The zero-order chi connectivity index (χ0) is 16.2. The van der Waals surface area contributed by atoms with Crippen LogP contribution in [0.4, 0.5) is 4.79 Å². The highest BCUT2D eigenvalue weighted by Crippen LogP contribution is 2.28. The number of nitrogens with one attached hydrogen (secondary N) is 2. The molecule has 5 nitrogen and oxygen atoms in total. The summed E-state index contributed by atoms with van der Waals surface area (Å²) in [5.41, 5.74) is 1.42. The molecular weight excluding hydrogens is 298 g/mol. The third kappa shape index (κ3) is 5.25. The predicted octanol–water partition coefficient (Wildman–Crippen LogP) is 3.49. The van der Waals surface area contributed by atoms with Gasteiger partial charge in [-0.3, -0.25) is 4.98 Å². The van der Waals surface area contributed by atoms with Crippen LogP contribution < -0.4 is 10.6 Å². The average molecular weight is 325 g/mol. The highest BCUT2D eigenvalue weighted by atomic mass is 32.1. The van der Waals surface area contributed by atoms with Crippen LogP contribution in [-0.4, -0.2) is 29.3 Å². The van der Waals surface area contributed by atoms with Crippen molar-refractivity contribution in [2.75, 3.05) is 6.54 Å². The van der Waals surface area contributed by atoms with E-state index >= 15 is 0 Å². The minimum atomic E-state index is -0.446. The molecule has 0 aliphatic heterocycles. The van der Waals surface area contributed by atoms with Gasteiger partial charge in [0.05, 0.1) is 5.51 Å². The van der Waals surface area contributed by atoms with Crippen molar-refractivity contribution in [1.82, 2.24) is 15.6 Å². The number of ether oxygens (including phenoxy) is 1. The van der Waals surface area contributed by atoms with Gasteiger partial charge in [-0.1, -0.05) is 6.42 Å². The van der Waals surface area contributed by atoms with Crippen molar-refractivity contribution < 1.29 is 9.53 Å². The molecule has 1 amide bonds. The normalized spacial score (nSPS) is 23.3. The Morgan fingerprint density at radius 2 is 2.27 bits per heavy atom. The molecule has 2 N–H and O–H groups in total. The second-order valence-electron chi connectivity index (χ2n) is 6.97. The van der Waals surface area contributed by atoms with Gasteiger partial charge in [-0.15, -0.1) is 11.3 Å². The van der Waals surface area contributed by atoms with Crippen LogP contribution in [0, 0.1) is 5.92 Å². The van der Waals surface area contributed by atoms with Gasteiger partial charge >= 0.3 is 6.09 Å². The maximum Gasteiger partial charge on any atom is 0.407 e. The van der Waals surface area contributed by atoms with Crippen LogP contribution >= 0.6 is 11.3 Å². The molecule has 2 rings (SSSR count). The quantitative estimate of drug-likeness (QED) is 0.870. The fraction of sp³-hybridized carbons (Fsp3) is 0.750. The molecule has 3 atom stereocenters. The van der Waals surface area contributed by atoms with Crippen molar-refractivity contribution in [2.24, 2.45) is 5.92 Å². The van der Waals surface area contributed by atoms with Gasteiger partial charge in [0, 0.05) is 29.7 Å². The van der Waals surface area contributed by atoms with E-state index in [0.29, 0.717) is 24.5 Å². The lowest BCUT2D eigenvalue weighted by Crippen LogP contribution is -2.41. The molecule has 3 unspecified atom stereocenters. The molecule has 124 valence electrons. The van der Waals surface area contributed by atoms with E-state index in [4.69, 9.17) is 4.74 Å². The van der Waals surface area contributed by atoms with E-state index < -0.39 is 5.60 Å². The number of alkyl carbamates (subject to hydrolysis) is 1. The lowest BCUT2D eigenvalue weighted by molar-refractivity contribution is 0.0517. The molecule has 0 radical (unpaired) electrons. The number of aromatic nitrogens is 1. The Balaban J connectivity index is 1.79. The summed E-state index contributed by atoms with van der Waals surface area (Å²) in [6.07, 6.45) is 5.10. The third-order valence-electron chi connectivity index (χ3n) is 3.91. The highest BCUT2D eigenvalue weighted by molar-refractivity contribution is 7.09. The van der Waals surface area contributed by atoms with Crippen LogP contribution in [-0.2, 0) is 4.74 Å². The average Bonchev–Trinajstić information content (AvgIpc) is 3.05. The van der Waals surface area contributed by atoms with Crippen molar-refractivity contribution in [3.8, 4) is 0 Å². The molecular formula is C16H27N3O2S. The highest BCUT2D eigenvalue weighted by Gasteiger charge is 2.29. The van der Waals surface area contributed by atoms with Gasteiger partial charge in [-0.2, -0.15) is 0 Å². The summed E-state index contributed by atoms with van der Waals surface area (Å²) in [5, 5.41) is 6.59. The van der Waals surface area contributed by atoms with Crippen LogP contribution in [0.15, 0.2) is 11.7 Å². The number of nitrogens with zero attached hydrogens (tertiary/aromatic N) is 1. The molecule has 1 aliphatic carbocycles. The van der Waals surface area contributed by atoms with E-state index in [-0.39, 0.29) is 6.09 Å². The van der Waals surface area contributed by atoms with Crippen molar-refractivity contribution in [3.63, 3.8) is 0 Å². The van der Waals surface area contributed by atoms with Gasteiger partial charge in [0.1, 0.15) is 5.60 Å². The summed E-state index contributed by atoms with van der Waals surface area (Å²) in [6, 6.07) is 0.742. The SMILES string of the molecule is CC(NC1CCCC1CNC(=O)OC(C)(C)C)c1cncs1. The molecule has 1 saturated carbocycles. The lowest BCUT2D eigenvalue weighted by Gasteiger charge is -2.25. The standard InChI is InChI=1S/C16H27N3O2S/c1-11(14-9-17-10-22-14)19-13-7-5-6-12(13)8-18-15(20)21-16(2,3)4/h9-13,19H,5-8H2,1-4H3,(H,18,20). The Kier molecular flexibility index (Phi) is 5.81. The van der Waals surface area contributed by atoms with Crippen LogP contribution in [0.5, 0.6) is 0 Å². The van der Waals surface area contributed by atoms with Gasteiger partial charge in [0.15, 0.2) is 0 Å². The summed E-state index contributed by atoms with van der Waals surface area (Å²) in [7, 11) is 0. The Bertz CT molecular complexity index is 470. The summed E-state index contributed by atoms with van der Waals surface area (Å²) in [6.45, 7) is 8.47. The Morgan fingerprint density at radius 1 is 1.50 bits per heavy atom. The van der Waals surface area contributed by atoms with Crippen molar-refractivity contribution in [1.29, 1.82) is 0 Å². The number of hydrogen-bond acceptors (Lipinski definition) is 5. The van der Waals surface area contributed by atoms with E-state index in [9.17, 15) is 4.79 Å². The first-order chi connectivity index (χ1) is 10.3. The number of amides is 1. The molecule has 0 aromatic carbocycles. The summed E-state index contributed by atoms with van der Waals surface area (Å²) >= 11 is 1.68. The third-order valence-corrected chi connectivity index (χ3v) is 4.87. The number of rotatable bonds is 5. The Labute approximate surface area is 136 Å². The molecule has 1 heterocycles. The fourth-order valence-electron chi connectivity index (χ4n) is 2.87. The summed E-state index contributed by atoms with van der Waals surface area (Å²) < 4.78 is 5.30. The predicted molar refractivity (Wildman–Crippen MR) is 89.0 cm³/mol. The second-order valence-corrected chi connectivity index (χ2v) is 7.89. The first-order valence-corrected chi connectivity index (χ1v) is 8.84. The minimum absolute atomic E-state index is 0.305. The summed E-state index contributed by atoms with van der Waals surface area (Å²) in [4.78, 5) is 17.2. The lowest BCUT2D eigenvalue weighted by atomic mass is 10.0. The largest absolute Gasteiger partial charge is 0.444 e. The Morgan fingerprint density at radius 3 is 2.91 bits per heavy atom. The fourth-order valence-corrected chi connectivity index (χ4v) is 3.51. The minimum Gasteiger partial charge on any atom is -0.444 e. The van der Waals surface area contributed by atoms with E-state index in [1.54, 1.807) is 11.3 Å². The maximum absolute atomic E-state index is 11.8. The molecule has 6 heteroatoms. The van der Waals surface area contributed by atoms with E-state index in [1.165, 1.54) is 11.3 Å². The monoisotopic (exact) mass is 325 g/mol. The van der Waals surface area contributed by atoms with Gasteiger partial charge < -0.3 is 15.4 Å². The Hall–Kier alpha value is -1.14. The topological polar surface area (TPSA) is 63.2 Å². The molecule has 1 fully saturated rings. The zero-order valence-electron chi connectivity index (χ0n) is 13.9. The maximum atomic E-state index is 11.8. The number of carbonyl (C=O) groups excluding carboxylic acids is 1. The van der Waals surface area contributed by atoms with Crippen molar-refractivity contribution >= 4 is 17.4 Å². The molecule has 0 spiro atoms. The van der Waals surface area contributed by atoms with Gasteiger partial charge in [0.25, 0.3) is 0 Å². The molecule has 1 aromatic heterocycles. The summed E-state index contributed by atoms with van der Waals surface area (Å²) in [5.74, 6) is 0.461. The van der Waals surface area contributed by atoms with Crippen molar-refractivity contribution in [2.45, 2.75) is 64.6 Å². The number of thiazole rings is 1. The molecule has 1 aliphatic rings. The van der Waals surface area contributed by atoms with Gasteiger partial charge in [0.2, 0.25) is 0 Å². The van der Waals surface area contributed by atoms with E-state index in [0.717, 1.165) is 12.8 Å². The molecule has 22 heavy (non-hydrogen) atoms. The molecule has 0 bridgehead atoms. The van der Waals surface area contributed by atoms with Crippen LogP contribution in [0.3, 0.4) is 0 Å². The van der Waals surface area contributed by atoms with Crippen LogP contribution in [0.25, 0.3) is 0 Å². The van der Waals surface area contributed by atoms with Gasteiger partial charge in [-0.05, 0) is 46.5 Å². The van der Waals surface area contributed by atoms with E-state index in [1.807, 2.05) is 32.5 Å². The first-order valence-electron chi connectivity index (χ1n) is 7.96. The van der Waals surface area contributed by atoms with Crippen molar-refractivity contribution in [3.05, 3.63) is 16.6 Å². The first kappa shape index (κ1) is 17.2. The van der Waals surface area contributed by atoms with Crippen LogP contribution in [0.2, 0.25) is 0 Å². The smallest absolute Gasteiger partial charge is 0.407 e. The molecule has 0 saturated heterocycles. The van der Waals surface area contributed by atoms with Gasteiger partial charge in [-0.25, -0.2) is 4.79 Å². The second kappa shape index (κ2) is 7.42. The zero-order valence-corrected chi connectivity index (χ0v) is 14.7. The van der Waals surface area contributed by atoms with Crippen LogP contribution in [0.1, 0.15) is 57.9 Å². The number of carbonyl (C=O) groups is 1. The van der Waals surface area contributed by atoms with E-state index in [2.05, 4.69) is 22.5 Å². The molecule has 1 aromatic rings. The number of hydrogen-bond donors (Lipinski definition) is 2.